The van der Waals surface area contributed by atoms with Gasteiger partial charge in [0.2, 0.25) is 11.8 Å². The van der Waals surface area contributed by atoms with Crippen LogP contribution in [0.5, 0.6) is 0 Å². The second-order valence-electron chi connectivity index (χ2n) is 5.93. The van der Waals surface area contributed by atoms with Gasteiger partial charge in [0.05, 0.1) is 5.60 Å². The summed E-state index contributed by atoms with van der Waals surface area (Å²) in [5.74, 6) is 0.315. The molecule has 0 aromatic carbocycles. The second-order valence-corrected chi connectivity index (χ2v) is 5.93. The predicted octanol–water partition coefficient (Wildman–Crippen LogP) is 0.537. The fourth-order valence-corrected chi connectivity index (χ4v) is 2.29. The van der Waals surface area contributed by atoms with Gasteiger partial charge in [0.15, 0.2) is 0 Å². The van der Waals surface area contributed by atoms with Gasteiger partial charge in [-0.3, -0.25) is 9.59 Å². The van der Waals surface area contributed by atoms with Gasteiger partial charge in [-0.1, -0.05) is 0 Å². The third-order valence-electron chi connectivity index (χ3n) is 3.89. The first-order chi connectivity index (χ1) is 8.35. The van der Waals surface area contributed by atoms with Crippen LogP contribution in [0.4, 0.5) is 0 Å². The van der Waals surface area contributed by atoms with Gasteiger partial charge in [0.25, 0.3) is 0 Å². The summed E-state index contributed by atoms with van der Waals surface area (Å²) in [5, 5.41) is 2.84. The average Bonchev–Trinajstić information content (AvgIpc) is 3.13. The molecule has 1 heterocycles. The van der Waals surface area contributed by atoms with Gasteiger partial charge >= 0.3 is 0 Å². The van der Waals surface area contributed by atoms with Gasteiger partial charge in [0, 0.05) is 13.7 Å². The average molecular weight is 254 g/mol. The number of hydrogen-bond donors (Lipinski definition) is 1. The van der Waals surface area contributed by atoms with Gasteiger partial charge in [0.1, 0.15) is 12.1 Å². The van der Waals surface area contributed by atoms with Crippen molar-refractivity contribution in [2.75, 3.05) is 13.7 Å². The molecule has 2 fully saturated rings. The monoisotopic (exact) mass is 254 g/mol. The maximum absolute atomic E-state index is 12.4. The minimum Gasteiger partial charge on any atom is -0.377 e. The molecule has 5 nitrogen and oxygen atoms in total. The molecule has 2 unspecified atom stereocenters. The molecule has 1 saturated heterocycles. The van der Waals surface area contributed by atoms with E-state index in [2.05, 4.69) is 5.32 Å². The van der Waals surface area contributed by atoms with E-state index in [1.807, 2.05) is 13.8 Å². The maximum atomic E-state index is 12.4. The number of nitrogens with one attached hydrogen (secondary N) is 1. The zero-order chi connectivity index (χ0) is 13.5. The fourth-order valence-electron chi connectivity index (χ4n) is 2.29. The van der Waals surface area contributed by atoms with Crippen LogP contribution in [0, 0.1) is 5.92 Å². The number of hydrogen-bond acceptors (Lipinski definition) is 3. The number of ether oxygens (including phenoxy) is 1. The minimum atomic E-state index is -0.435. The van der Waals surface area contributed by atoms with E-state index in [9.17, 15) is 9.59 Å². The highest BCUT2D eigenvalue weighted by atomic mass is 16.5. The highest BCUT2D eigenvalue weighted by Crippen LogP contribution is 2.35. The van der Waals surface area contributed by atoms with Crippen LogP contribution in [-0.4, -0.2) is 48.1 Å². The molecular weight excluding hydrogens is 232 g/mol. The smallest absolute Gasteiger partial charge is 0.246 e. The molecule has 0 aromatic heterocycles. The van der Waals surface area contributed by atoms with Gasteiger partial charge in [-0.25, -0.2) is 0 Å². The number of methoxy groups -OCH3 is 1. The number of carbonyl (C=O) groups excluding carboxylic acids is 2. The van der Waals surface area contributed by atoms with Crippen molar-refractivity contribution in [2.45, 2.75) is 51.3 Å². The van der Waals surface area contributed by atoms with Crippen molar-refractivity contribution in [2.24, 2.45) is 5.92 Å². The molecule has 0 radical (unpaired) electrons. The Labute approximate surface area is 108 Å². The molecule has 102 valence electrons. The summed E-state index contributed by atoms with van der Waals surface area (Å²) in [5.41, 5.74) is -0.435. The van der Waals surface area contributed by atoms with Crippen molar-refractivity contribution in [1.82, 2.24) is 10.2 Å². The largest absolute Gasteiger partial charge is 0.377 e. The molecule has 0 spiro atoms. The summed E-state index contributed by atoms with van der Waals surface area (Å²) in [4.78, 5) is 26.0. The van der Waals surface area contributed by atoms with Crippen molar-refractivity contribution in [3.05, 3.63) is 0 Å². The van der Waals surface area contributed by atoms with E-state index in [-0.39, 0.29) is 17.9 Å². The number of piperazine rings is 1. The van der Waals surface area contributed by atoms with Crippen LogP contribution < -0.4 is 5.32 Å². The molecular formula is C13H22N2O3. The van der Waals surface area contributed by atoms with Crippen molar-refractivity contribution in [3.8, 4) is 0 Å². The van der Waals surface area contributed by atoms with E-state index in [1.165, 1.54) is 0 Å². The number of carbonyl (C=O) groups is 2. The molecule has 2 rings (SSSR count). The van der Waals surface area contributed by atoms with Gasteiger partial charge < -0.3 is 15.0 Å². The molecule has 18 heavy (non-hydrogen) atoms. The summed E-state index contributed by atoms with van der Waals surface area (Å²) in [6, 6.07) is -0.733. The van der Waals surface area contributed by atoms with E-state index in [0.717, 1.165) is 12.8 Å². The van der Waals surface area contributed by atoms with Crippen molar-refractivity contribution >= 4 is 11.8 Å². The van der Waals surface area contributed by atoms with E-state index >= 15 is 0 Å². The number of amides is 2. The molecule has 0 bridgehead atoms. The van der Waals surface area contributed by atoms with Crippen molar-refractivity contribution in [3.63, 3.8) is 0 Å². The SMILES string of the molecule is COC(C)(C)CN1C(=O)C(C2CC2)NC(=O)C1C. The van der Waals surface area contributed by atoms with E-state index in [0.29, 0.717) is 12.5 Å². The minimum absolute atomic E-state index is 0.0368. The summed E-state index contributed by atoms with van der Waals surface area (Å²) < 4.78 is 5.36. The molecule has 2 aliphatic rings. The van der Waals surface area contributed by atoms with E-state index in [4.69, 9.17) is 4.74 Å². The zero-order valence-electron chi connectivity index (χ0n) is 11.5. The van der Waals surface area contributed by atoms with E-state index < -0.39 is 11.6 Å². The van der Waals surface area contributed by atoms with Crippen LogP contribution in [-0.2, 0) is 14.3 Å². The first kappa shape index (κ1) is 13.3. The standard InChI is InChI=1S/C13H22N2O3/c1-8-11(16)14-10(9-5-6-9)12(17)15(8)7-13(2,3)18-4/h8-10H,5-7H2,1-4H3,(H,14,16). The Morgan fingerprint density at radius 2 is 2.00 bits per heavy atom. The number of rotatable bonds is 4. The Morgan fingerprint density at radius 3 is 2.50 bits per heavy atom. The van der Waals surface area contributed by atoms with Gasteiger partial charge in [-0.05, 0) is 39.5 Å². The topological polar surface area (TPSA) is 58.6 Å². The Hall–Kier alpha value is -1.10. The summed E-state index contributed by atoms with van der Waals surface area (Å²) in [6.07, 6.45) is 2.07. The van der Waals surface area contributed by atoms with Crippen molar-refractivity contribution in [1.29, 1.82) is 0 Å². The fraction of sp³-hybridized carbons (Fsp3) is 0.846. The predicted molar refractivity (Wildman–Crippen MR) is 66.9 cm³/mol. The van der Waals surface area contributed by atoms with Gasteiger partial charge in [-0.15, -0.1) is 0 Å². The molecule has 5 heteroatoms. The zero-order valence-corrected chi connectivity index (χ0v) is 11.5. The molecule has 1 aliphatic carbocycles. The molecule has 1 saturated carbocycles. The lowest BCUT2D eigenvalue weighted by molar-refractivity contribution is -0.153. The molecule has 2 amide bonds. The summed E-state index contributed by atoms with van der Waals surface area (Å²) >= 11 is 0. The lowest BCUT2D eigenvalue weighted by Crippen LogP contribution is -2.65. The van der Waals surface area contributed by atoms with E-state index in [1.54, 1.807) is 18.9 Å². The highest BCUT2D eigenvalue weighted by molar-refractivity contribution is 5.97. The van der Waals surface area contributed by atoms with Crippen LogP contribution in [0.15, 0.2) is 0 Å². The van der Waals surface area contributed by atoms with Crippen LogP contribution in [0.25, 0.3) is 0 Å². The first-order valence-corrected chi connectivity index (χ1v) is 6.52. The Balaban J connectivity index is 2.14. The number of nitrogens with zero attached hydrogens (tertiary/aromatic N) is 1. The Kier molecular flexibility index (Phi) is 3.36. The van der Waals surface area contributed by atoms with Gasteiger partial charge in [-0.2, -0.15) is 0 Å². The lowest BCUT2D eigenvalue weighted by Gasteiger charge is -2.41. The molecule has 1 N–H and O–H groups in total. The first-order valence-electron chi connectivity index (χ1n) is 6.52. The van der Waals surface area contributed by atoms with Crippen molar-refractivity contribution < 1.29 is 14.3 Å². The summed E-state index contributed by atoms with van der Waals surface area (Å²) in [7, 11) is 1.62. The molecule has 1 aliphatic heterocycles. The maximum Gasteiger partial charge on any atom is 0.246 e. The lowest BCUT2D eigenvalue weighted by atomic mass is 10.0. The van der Waals surface area contributed by atoms with Crippen LogP contribution in [0.2, 0.25) is 0 Å². The molecule has 2 atom stereocenters. The third-order valence-corrected chi connectivity index (χ3v) is 3.89. The quantitative estimate of drug-likeness (QED) is 0.796. The van der Waals surface area contributed by atoms with Crippen LogP contribution in [0.1, 0.15) is 33.6 Å². The third kappa shape index (κ3) is 2.51. The van der Waals surface area contributed by atoms with Crippen LogP contribution in [0.3, 0.4) is 0 Å². The van der Waals surface area contributed by atoms with Crippen LogP contribution >= 0.6 is 0 Å². The Morgan fingerprint density at radius 1 is 1.39 bits per heavy atom. The normalized spacial score (nSPS) is 29.4. The second kappa shape index (κ2) is 4.53. The summed E-state index contributed by atoms with van der Waals surface area (Å²) in [6.45, 7) is 6.06. The highest BCUT2D eigenvalue weighted by Gasteiger charge is 2.46. The Bertz CT molecular complexity index is 363. The molecule has 0 aromatic rings.